The maximum absolute atomic E-state index is 12.8. The van der Waals surface area contributed by atoms with Crippen LogP contribution >= 0.6 is 0 Å². The van der Waals surface area contributed by atoms with Crippen LogP contribution in [0.3, 0.4) is 0 Å². The van der Waals surface area contributed by atoms with Gasteiger partial charge >= 0.3 is 6.18 Å². The van der Waals surface area contributed by atoms with Crippen LogP contribution in [-0.4, -0.2) is 24.4 Å². The fourth-order valence-electron chi connectivity index (χ4n) is 2.90. The van der Waals surface area contributed by atoms with Crippen molar-refractivity contribution in [2.45, 2.75) is 45.8 Å². The summed E-state index contributed by atoms with van der Waals surface area (Å²) in [5.74, 6) is 0.281. The van der Waals surface area contributed by atoms with Gasteiger partial charge in [0.2, 0.25) is 0 Å². The minimum Gasteiger partial charge on any atom is -0.494 e. The lowest BCUT2D eigenvalue weighted by Crippen LogP contribution is -2.45. The molecule has 6 heteroatoms. The van der Waals surface area contributed by atoms with E-state index in [1.165, 1.54) is 12.1 Å². The number of aliphatic hydroxyl groups is 1. The summed E-state index contributed by atoms with van der Waals surface area (Å²) < 4.78 is 43.8. The lowest BCUT2D eigenvalue weighted by atomic mass is 9.95. The molecule has 1 fully saturated rings. The second-order valence-electron chi connectivity index (χ2n) is 6.28. The summed E-state index contributed by atoms with van der Waals surface area (Å²) in [6.07, 6.45) is -2.99. The third kappa shape index (κ3) is 4.04. The number of benzene rings is 1. The van der Waals surface area contributed by atoms with Gasteiger partial charge in [-0.3, -0.25) is 0 Å². The van der Waals surface area contributed by atoms with Gasteiger partial charge in [0.1, 0.15) is 0 Å². The van der Waals surface area contributed by atoms with Crippen LogP contribution in [0.4, 0.5) is 18.9 Å². The van der Waals surface area contributed by atoms with Crippen LogP contribution in [0.5, 0.6) is 0 Å². The van der Waals surface area contributed by atoms with Gasteiger partial charge in [-0.2, -0.15) is 13.2 Å². The van der Waals surface area contributed by atoms with Crippen LogP contribution in [0.25, 0.3) is 0 Å². The Morgan fingerprint density at radius 2 is 1.92 bits per heavy atom. The Bertz CT molecular complexity index is 581. The molecule has 0 amide bonds. The number of hydrogen-bond acceptors (Lipinski definition) is 3. The number of anilines is 1. The molecule has 1 aliphatic rings. The Kier molecular flexibility index (Phi) is 5.80. The van der Waals surface area contributed by atoms with Crippen molar-refractivity contribution in [2.75, 3.05) is 18.1 Å². The van der Waals surface area contributed by atoms with Crippen LogP contribution in [0, 0.1) is 5.92 Å². The second-order valence-corrected chi connectivity index (χ2v) is 6.28. The number of ether oxygens (including phenoxy) is 1. The van der Waals surface area contributed by atoms with E-state index in [0.717, 1.165) is 17.7 Å². The van der Waals surface area contributed by atoms with E-state index in [9.17, 15) is 18.3 Å². The van der Waals surface area contributed by atoms with Crippen molar-refractivity contribution in [3.8, 4) is 0 Å². The minimum absolute atomic E-state index is 0.0167. The molecule has 2 atom stereocenters. The molecule has 0 spiro atoms. The molecule has 0 radical (unpaired) electrons. The Morgan fingerprint density at radius 1 is 1.29 bits per heavy atom. The zero-order valence-corrected chi connectivity index (χ0v) is 14.2. The second kappa shape index (κ2) is 7.47. The van der Waals surface area contributed by atoms with Crippen molar-refractivity contribution in [1.82, 2.24) is 0 Å². The van der Waals surface area contributed by atoms with Crippen molar-refractivity contribution in [2.24, 2.45) is 5.92 Å². The van der Waals surface area contributed by atoms with Crippen molar-refractivity contribution < 1.29 is 23.0 Å². The molecule has 1 aliphatic heterocycles. The molecule has 0 aliphatic carbocycles. The number of halogens is 3. The van der Waals surface area contributed by atoms with Crippen LogP contribution in [0.1, 0.15) is 39.2 Å². The van der Waals surface area contributed by atoms with Crippen molar-refractivity contribution >= 4 is 5.69 Å². The van der Waals surface area contributed by atoms with Crippen molar-refractivity contribution in [3.05, 3.63) is 41.3 Å². The minimum atomic E-state index is -4.37. The van der Waals surface area contributed by atoms with Gasteiger partial charge in [0.05, 0.1) is 12.2 Å². The number of rotatable bonds is 4. The quantitative estimate of drug-likeness (QED) is 0.769. The number of nitrogens with zero attached hydrogens (tertiary/aromatic N) is 1. The summed E-state index contributed by atoms with van der Waals surface area (Å²) in [6, 6.07) is 4.94. The van der Waals surface area contributed by atoms with E-state index in [4.69, 9.17) is 4.74 Å². The normalized spacial score (nSPS) is 22.9. The average molecular weight is 343 g/mol. The van der Waals surface area contributed by atoms with Crippen LogP contribution in [0.15, 0.2) is 35.7 Å². The van der Waals surface area contributed by atoms with Gasteiger partial charge in [-0.15, -0.1) is 0 Å². The highest BCUT2D eigenvalue weighted by Gasteiger charge is 2.33. The van der Waals surface area contributed by atoms with Crippen LogP contribution < -0.4 is 4.90 Å². The maximum atomic E-state index is 12.8. The summed E-state index contributed by atoms with van der Waals surface area (Å²) in [5.41, 5.74) is 0.669. The van der Waals surface area contributed by atoms with Gasteiger partial charge in [-0.05, 0) is 49.6 Å². The highest BCUT2D eigenvalue weighted by molar-refractivity contribution is 5.54. The van der Waals surface area contributed by atoms with E-state index in [2.05, 4.69) is 0 Å². The number of aliphatic hydroxyl groups excluding tert-OH is 1. The lowest BCUT2D eigenvalue weighted by molar-refractivity contribution is -0.137. The topological polar surface area (TPSA) is 32.7 Å². The molecule has 1 heterocycles. The fraction of sp³-hybridized carbons (Fsp3) is 0.556. The first-order valence-corrected chi connectivity index (χ1v) is 8.18. The Morgan fingerprint density at radius 3 is 2.42 bits per heavy atom. The van der Waals surface area contributed by atoms with Crippen molar-refractivity contribution in [3.63, 3.8) is 0 Å². The number of hydrogen-bond donors (Lipinski definition) is 1. The molecule has 1 N–H and O–H groups in total. The molecule has 1 aromatic rings. The fourth-order valence-corrected chi connectivity index (χ4v) is 2.90. The lowest BCUT2D eigenvalue weighted by Gasteiger charge is -2.39. The number of allylic oxidation sites excluding steroid dienone is 1. The molecular weight excluding hydrogens is 319 g/mol. The zero-order valence-electron chi connectivity index (χ0n) is 14.2. The molecule has 0 saturated carbocycles. The summed E-state index contributed by atoms with van der Waals surface area (Å²) in [4.78, 5) is 1.76. The monoisotopic (exact) mass is 343 g/mol. The predicted octanol–water partition coefficient (Wildman–Crippen LogP) is 5.14. The molecule has 1 unspecified atom stereocenters. The van der Waals surface area contributed by atoms with Gasteiger partial charge in [0.15, 0.2) is 5.88 Å². The van der Waals surface area contributed by atoms with E-state index in [0.29, 0.717) is 31.7 Å². The maximum Gasteiger partial charge on any atom is 0.416 e. The van der Waals surface area contributed by atoms with Gasteiger partial charge in [-0.1, -0.05) is 13.8 Å². The molecule has 134 valence electrons. The van der Waals surface area contributed by atoms with E-state index in [1.54, 1.807) is 4.90 Å². The summed E-state index contributed by atoms with van der Waals surface area (Å²) in [5, 5.41) is 10.7. The molecule has 1 saturated heterocycles. The Labute approximate surface area is 140 Å². The van der Waals surface area contributed by atoms with Gasteiger partial charge in [0, 0.05) is 24.3 Å². The first kappa shape index (κ1) is 18.6. The first-order chi connectivity index (χ1) is 11.3. The molecule has 0 bridgehead atoms. The molecule has 0 aromatic heterocycles. The van der Waals surface area contributed by atoms with Crippen LogP contribution in [0.2, 0.25) is 0 Å². The smallest absolute Gasteiger partial charge is 0.416 e. The summed E-state index contributed by atoms with van der Waals surface area (Å²) >= 11 is 0. The highest BCUT2D eigenvalue weighted by atomic mass is 19.4. The SMILES string of the molecule is CC/C(C)=C(/O)N(c1ccc(C(F)(F)F)cc1)C1CCOC[C@@H]1C. The van der Waals surface area contributed by atoms with Gasteiger partial charge in [0.25, 0.3) is 0 Å². The Balaban J connectivity index is 2.42. The summed E-state index contributed by atoms with van der Waals surface area (Å²) in [7, 11) is 0. The third-order valence-electron chi connectivity index (χ3n) is 4.54. The predicted molar refractivity (Wildman–Crippen MR) is 87.9 cm³/mol. The molecular formula is C18H24F3NO2. The van der Waals surface area contributed by atoms with E-state index in [1.807, 2.05) is 20.8 Å². The average Bonchev–Trinajstić information content (AvgIpc) is 2.55. The molecule has 1 aromatic carbocycles. The first-order valence-electron chi connectivity index (χ1n) is 8.18. The van der Waals surface area contributed by atoms with E-state index >= 15 is 0 Å². The van der Waals surface area contributed by atoms with E-state index < -0.39 is 11.7 Å². The van der Waals surface area contributed by atoms with Gasteiger partial charge in [-0.25, -0.2) is 0 Å². The molecule has 24 heavy (non-hydrogen) atoms. The standard InChI is InChI=1S/C18H24F3NO2/c1-4-12(2)17(23)22(16-9-10-24-11-13(16)3)15-7-5-14(6-8-15)18(19,20)21/h5-8,13,16,23H,4,9-11H2,1-3H3/b17-12+/t13-,16?/m0/s1. The third-order valence-corrected chi connectivity index (χ3v) is 4.54. The largest absolute Gasteiger partial charge is 0.494 e. The van der Waals surface area contributed by atoms with E-state index in [-0.39, 0.29) is 17.8 Å². The van der Waals surface area contributed by atoms with Gasteiger partial charge < -0.3 is 14.7 Å². The number of alkyl halides is 3. The molecule has 3 nitrogen and oxygen atoms in total. The summed E-state index contributed by atoms with van der Waals surface area (Å²) in [6.45, 7) is 6.93. The van der Waals surface area contributed by atoms with Crippen LogP contribution in [-0.2, 0) is 10.9 Å². The van der Waals surface area contributed by atoms with Crippen molar-refractivity contribution in [1.29, 1.82) is 0 Å². The highest BCUT2D eigenvalue weighted by Crippen LogP contribution is 2.34. The zero-order chi connectivity index (χ0) is 17.9. The Hall–Kier alpha value is -1.69. The molecule has 2 rings (SSSR count).